The van der Waals surface area contributed by atoms with Crippen LogP contribution in [0.2, 0.25) is 0 Å². The largest absolute Gasteiger partial charge is 0.324 e. The fraction of sp³-hybridized carbons (Fsp3) is 0.111. The Balaban J connectivity index is 2.56. The third-order valence-electron chi connectivity index (χ3n) is 1.90. The van der Waals surface area contributed by atoms with Crippen molar-refractivity contribution < 1.29 is 4.79 Å². The van der Waals surface area contributed by atoms with Gasteiger partial charge in [0.15, 0.2) is 5.78 Å². The maximum absolute atomic E-state index is 11.3. The van der Waals surface area contributed by atoms with Crippen LogP contribution in [-0.4, -0.2) is 21.9 Å². The van der Waals surface area contributed by atoms with E-state index in [1.54, 1.807) is 16.8 Å². The minimum absolute atomic E-state index is 0.00888. The highest BCUT2D eigenvalue weighted by Gasteiger charge is 2.08. The second-order valence-corrected chi connectivity index (χ2v) is 3.79. The number of nitrogens with two attached hydrogens (primary N) is 1. The molecule has 0 aliphatic carbocycles. The molecule has 0 atom stereocenters. The normalized spacial score (nSPS) is 10.7. The molecular formula is C9H8BrN3O. The molecule has 4 nitrogen and oxygen atoms in total. The molecule has 2 aromatic rings. The van der Waals surface area contributed by atoms with Gasteiger partial charge >= 0.3 is 0 Å². The van der Waals surface area contributed by atoms with Crippen LogP contribution in [0.25, 0.3) is 5.52 Å². The van der Waals surface area contributed by atoms with Crippen LogP contribution in [-0.2, 0) is 0 Å². The van der Waals surface area contributed by atoms with Crippen LogP contribution in [0.5, 0.6) is 0 Å². The number of halogens is 1. The Morgan fingerprint density at radius 3 is 3.07 bits per heavy atom. The summed E-state index contributed by atoms with van der Waals surface area (Å²) in [4.78, 5) is 11.3. The van der Waals surface area contributed by atoms with Crippen LogP contribution >= 0.6 is 15.9 Å². The molecule has 0 saturated heterocycles. The van der Waals surface area contributed by atoms with E-state index in [-0.39, 0.29) is 12.3 Å². The molecule has 5 heteroatoms. The van der Waals surface area contributed by atoms with E-state index in [1.165, 1.54) is 0 Å². The second kappa shape index (κ2) is 3.51. The number of ketones is 1. The highest BCUT2D eigenvalue weighted by atomic mass is 79.9. The maximum Gasteiger partial charge on any atom is 0.196 e. The first-order chi connectivity index (χ1) is 6.70. The molecule has 0 radical (unpaired) electrons. The zero-order valence-electron chi connectivity index (χ0n) is 7.27. The third-order valence-corrected chi connectivity index (χ3v) is 2.39. The lowest BCUT2D eigenvalue weighted by atomic mass is 10.3. The van der Waals surface area contributed by atoms with E-state index in [1.807, 2.05) is 12.1 Å². The first-order valence-electron chi connectivity index (χ1n) is 4.09. The van der Waals surface area contributed by atoms with Crippen molar-refractivity contribution in [3.05, 3.63) is 34.6 Å². The average Bonchev–Trinajstić information content (AvgIpc) is 2.59. The lowest BCUT2D eigenvalue weighted by Gasteiger charge is -1.91. The zero-order valence-corrected chi connectivity index (χ0v) is 8.86. The van der Waals surface area contributed by atoms with Crippen molar-refractivity contribution in [3.63, 3.8) is 0 Å². The van der Waals surface area contributed by atoms with E-state index in [0.29, 0.717) is 5.69 Å². The molecular weight excluding hydrogens is 246 g/mol. The number of hydrogen-bond acceptors (Lipinski definition) is 3. The van der Waals surface area contributed by atoms with Crippen molar-refractivity contribution in [2.45, 2.75) is 0 Å². The van der Waals surface area contributed by atoms with Gasteiger partial charge in [0.25, 0.3) is 0 Å². The minimum atomic E-state index is -0.148. The van der Waals surface area contributed by atoms with Crippen molar-refractivity contribution in [1.82, 2.24) is 9.61 Å². The van der Waals surface area contributed by atoms with E-state index in [4.69, 9.17) is 5.73 Å². The lowest BCUT2D eigenvalue weighted by Crippen LogP contribution is -2.13. The molecule has 72 valence electrons. The highest BCUT2D eigenvalue weighted by Crippen LogP contribution is 2.14. The van der Waals surface area contributed by atoms with Gasteiger partial charge in [-0.1, -0.05) is 15.9 Å². The summed E-state index contributed by atoms with van der Waals surface area (Å²) < 4.78 is 2.60. The smallest absolute Gasteiger partial charge is 0.196 e. The van der Waals surface area contributed by atoms with E-state index in [0.717, 1.165) is 9.99 Å². The number of rotatable bonds is 2. The Morgan fingerprint density at radius 1 is 1.57 bits per heavy atom. The number of Topliss-reactive ketones (excluding diaryl/α,β-unsaturated/α-hetero) is 1. The van der Waals surface area contributed by atoms with Crippen LogP contribution < -0.4 is 5.73 Å². The average molecular weight is 254 g/mol. The minimum Gasteiger partial charge on any atom is -0.324 e. The Hall–Kier alpha value is -1.20. The van der Waals surface area contributed by atoms with Crippen molar-refractivity contribution in [2.24, 2.45) is 5.73 Å². The summed E-state index contributed by atoms with van der Waals surface area (Å²) >= 11 is 3.35. The predicted octanol–water partition coefficient (Wildman–Crippen LogP) is 1.24. The Labute approximate surface area is 88.8 Å². The number of fused-ring (bicyclic) bond motifs is 1. The van der Waals surface area contributed by atoms with Gasteiger partial charge in [0, 0.05) is 10.7 Å². The summed E-state index contributed by atoms with van der Waals surface area (Å²) in [6, 6.07) is 5.47. The standard InChI is InChI=1S/C9H8BrN3O/c10-6-1-2-13-7(3-6)4-8(12-13)9(14)5-11/h1-4H,5,11H2. The summed E-state index contributed by atoms with van der Waals surface area (Å²) in [6.07, 6.45) is 1.78. The summed E-state index contributed by atoms with van der Waals surface area (Å²) in [5.74, 6) is -0.148. The van der Waals surface area contributed by atoms with Gasteiger partial charge in [-0.25, -0.2) is 4.52 Å². The van der Waals surface area contributed by atoms with Crippen molar-refractivity contribution in [3.8, 4) is 0 Å². The van der Waals surface area contributed by atoms with Crippen LogP contribution in [0.1, 0.15) is 10.5 Å². The van der Waals surface area contributed by atoms with E-state index < -0.39 is 0 Å². The van der Waals surface area contributed by atoms with Gasteiger partial charge in [-0.15, -0.1) is 0 Å². The molecule has 0 aliphatic rings. The molecule has 0 saturated carbocycles. The SMILES string of the molecule is NCC(=O)c1cc2cc(Br)ccn2n1. The van der Waals surface area contributed by atoms with Crippen LogP contribution in [0.4, 0.5) is 0 Å². The lowest BCUT2D eigenvalue weighted by molar-refractivity contribution is 0.0996. The molecule has 2 heterocycles. The molecule has 0 bridgehead atoms. The Kier molecular flexibility index (Phi) is 2.35. The number of carbonyl (C=O) groups is 1. The molecule has 0 unspecified atom stereocenters. The van der Waals surface area contributed by atoms with Gasteiger partial charge in [0.05, 0.1) is 12.1 Å². The summed E-state index contributed by atoms with van der Waals surface area (Å²) in [5, 5.41) is 4.09. The van der Waals surface area contributed by atoms with E-state index in [2.05, 4.69) is 21.0 Å². The molecule has 0 fully saturated rings. The number of pyridine rings is 1. The molecule has 14 heavy (non-hydrogen) atoms. The first kappa shape index (κ1) is 9.36. The van der Waals surface area contributed by atoms with Crippen molar-refractivity contribution in [1.29, 1.82) is 0 Å². The second-order valence-electron chi connectivity index (χ2n) is 2.87. The van der Waals surface area contributed by atoms with E-state index >= 15 is 0 Å². The molecule has 2 aromatic heterocycles. The number of carbonyl (C=O) groups excluding carboxylic acids is 1. The summed E-state index contributed by atoms with van der Waals surface area (Å²) in [5.41, 5.74) is 6.53. The quantitative estimate of drug-likeness (QED) is 0.820. The number of nitrogens with zero attached hydrogens (tertiary/aromatic N) is 2. The molecule has 2 rings (SSSR count). The van der Waals surface area contributed by atoms with Gasteiger partial charge in [-0.2, -0.15) is 5.10 Å². The molecule has 0 spiro atoms. The monoisotopic (exact) mass is 253 g/mol. The van der Waals surface area contributed by atoms with Gasteiger partial charge in [0.1, 0.15) is 5.69 Å². The Bertz CT molecular complexity index is 492. The van der Waals surface area contributed by atoms with Gasteiger partial charge in [-0.05, 0) is 18.2 Å². The topological polar surface area (TPSA) is 60.4 Å². The summed E-state index contributed by atoms with van der Waals surface area (Å²) in [6.45, 7) is -0.00888. The fourth-order valence-corrected chi connectivity index (χ4v) is 1.56. The molecule has 0 aliphatic heterocycles. The zero-order chi connectivity index (χ0) is 10.1. The van der Waals surface area contributed by atoms with Crippen LogP contribution in [0.3, 0.4) is 0 Å². The van der Waals surface area contributed by atoms with Gasteiger partial charge < -0.3 is 5.73 Å². The molecule has 2 N–H and O–H groups in total. The third kappa shape index (κ3) is 1.56. The Morgan fingerprint density at radius 2 is 2.36 bits per heavy atom. The van der Waals surface area contributed by atoms with Gasteiger partial charge in [-0.3, -0.25) is 4.79 Å². The van der Waals surface area contributed by atoms with Crippen molar-refractivity contribution >= 4 is 27.2 Å². The number of hydrogen-bond donors (Lipinski definition) is 1. The van der Waals surface area contributed by atoms with Crippen LogP contribution in [0, 0.1) is 0 Å². The van der Waals surface area contributed by atoms with Gasteiger partial charge in [0.2, 0.25) is 0 Å². The molecule has 0 amide bonds. The molecule has 0 aromatic carbocycles. The van der Waals surface area contributed by atoms with E-state index in [9.17, 15) is 4.79 Å². The fourth-order valence-electron chi connectivity index (χ4n) is 1.21. The predicted molar refractivity (Wildman–Crippen MR) is 56.3 cm³/mol. The highest BCUT2D eigenvalue weighted by molar-refractivity contribution is 9.10. The van der Waals surface area contributed by atoms with Crippen molar-refractivity contribution in [2.75, 3.05) is 6.54 Å². The maximum atomic E-state index is 11.3. The van der Waals surface area contributed by atoms with Crippen LogP contribution in [0.15, 0.2) is 28.9 Å². The summed E-state index contributed by atoms with van der Waals surface area (Å²) in [7, 11) is 0. The number of aromatic nitrogens is 2. The first-order valence-corrected chi connectivity index (χ1v) is 4.88.